The highest BCUT2D eigenvalue weighted by molar-refractivity contribution is 8.15. The second-order valence-corrected chi connectivity index (χ2v) is 2.88. The van der Waals surface area contributed by atoms with Crippen LogP contribution in [0.25, 0.3) is 0 Å². The summed E-state index contributed by atoms with van der Waals surface area (Å²) in [5.74, 6) is 0. The zero-order valence-electron chi connectivity index (χ0n) is 4.05. The molecule has 1 aliphatic heterocycles. The standard InChI is InChI=1S/C5H6OS/c1-4-2-3-5(6)7-4/h2-4H,1H3. The van der Waals surface area contributed by atoms with Gasteiger partial charge in [-0.05, 0) is 13.0 Å². The van der Waals surface area contributed by atoms with Gasteiger partial charge in [-0.15, -0.1) is 0 Å². The van der Waals surface area contributed by atoms with Crippen molar-refractivity contribution in [3.8, 4) is 0 Å². The highest BCUT2D eigenvalue weighted by atomic mass is 32.2. The zero-order valence-corrected chi connectivity index (χ0v) is 4.87. The van der Waals surface area contributed by atoms with Crippen LogP contribution in [0.15, 0.2) is 12.2 Å². The predicted molar refractivity (Wildman–Crippen MR) is 31.2 cm³/mol. The lowest BCUT2D eigenvalue weighted by Gasteiger charge is -1.88. The van der Waals surface area contributed by atoms with Crippen LogP contribution < -0.4 is 0 Å². The van der Waals surface area contributed by atoms with Crippen molar-refractivity contribution in [2.75, 3.05) is 0 Å². The molecule has 1 aliphatic rings. The second kappa shape index (κ2) is 1.70. The summed E-state index contributed by atoms with van der Waals surface area (Å²) in [6, 6.07) is 0. The number of carbonyl (C=O) groups is 1. The third-order valence-electron chi connectivity index (χ3n) is 0.805. The van der Waals surface area contributed by atoms with Crippen molar-refractivity contribution in [3.05, 3.63) is 12.2 Å². The van der Waals surface area contributed by atoms with Gasteiger partial charge in [0.2, 0.25) is 5.12 Å². The van der Waals surface area contributed by atoms with Crippen LogP contribution in [0.3, 0.4) is 0 Å². The summed E-state index contributed by atoms with van der Waals surface area (Å²) in [6.07, 6.45) is 3.53. The fourth-order valence-corrected chi connectivity index (χ4v) is 1.16. The van der Waals surface area contributed by atoms with E-state index in [4.69, 9.17) is 0 Å². The van der Waals surface area contributed by atoms with Gasteiger partial charge in [-0.3, -0.25) is 4.79 Å². The van der Waals surface area contributed by atoms with Gasteiger partial charge in [0.05, 0.1) is 0 Å². The molecule has 0 fully saturated rings. The smallest absolute Gasteiger partial charge is 0.212 e. The minimum absolute atomic E-state index is 0.188. The molecule has 0 aromatic carbocycles. The summed E-state index contributed by atoms with van der Waals surface area (Å²) in [7, 11) is 0. The molecular weight excluding hydrogens is 108 g/mol. The Kier molecular flexibility index (Phi) is 1.19. The SMILES string of the molecule is CC1C=CC(=O)S1. The average Bonchev–Trinajstić information content (AvgIpc) is 1.87. The van der Waals surface area contributed by atoms with Gasteiger partial charge in [-0.1, -0.05) is 17.8 Å². The molecule has 2 heteroatoms. The highest BCUT2D eigenvalue weighted by Crippen LogP contribution is 2.19. The van der Waals surface area contributed by atoms with Gasteiger partial charge in [-0.25, -0.2) is 0 Å². The van der Waals surface area contributed by atoms with Crippen molar-refractivity contribution >= 4 is 16.9 Å². The average molecular weight is 114 g/mol. The van der Waals surface area contributed by atoms with Gasteiger partial charge < -0.3 is 0 Å². The van der Waals surface area contributed by atoms with E-state index in [0.29, 0.717) is 5.25 Å². The minimum atomic E-state index is 0.188. The molecule has 0 saturated heterocycles. The largest absolute Gasteiger partial charge is 0.282 e. The van der Waals surface area contributed by atoms with Crippen LogP contribution in [0.2, 0.25) is 0 Å². The van der Waals surface area contributed by atoms with Gasteiger partial charge in [0, 0.05) is 5.25 Å². The molecule has 0 saturated carbocycles. The summed E-state index contributed by atoms with van der Waals surface area (Å²) in [4.78, 5) is 10.3. The molecule has 0 aromatic heterocycles. The van der Waals surface area contributed by atoms with E-state index >= 15 is 0 Å². The van der Waals surface area contributed by atoms with Gasteiger partial charge in [0.25, 0.3) is 0 Å². The van der Waals surface area contributed by atoms with E-state index in [1.165, 1.54) is 11.8 Å². The van der Waals surface area contributed by atoms with Crippen LogP contribution in [0.1, 0.15) is 6.92 Å². The molecule has 0 spiro atoms. The molecule has 1 heterocycles. The van der Waals surface area contributed by atoms with Crippen LogP contribution in [-0.4, -0.2) is 10.4 Å². The molecule has 0 aliphatic carbocycles. The molecule has 38 valence electrons. The first-order valence-electron chi connectivity index (χ1n) is 2.18. The molecule has 1 unspecified atom stereocenters. The fraction of sp³-hybridized carbons (Fsp3) is 0.400. The summed E-state index contributed by atoms with van der Waals surface area (Å²) in [6.45, 7) is 2.01. The number of thioether (sulfide) groups is 1. The van der Waals surface area contributed by atoms with Crippen LogP contribution in [0.5, 0.6) is 0 Å². The molecule has 0 amide bonds. The molecule has 1 rings (SSSR count). The van der Waals surface area contributed by atoms with E-state index in [1.807, 2.05) is 13.0 Å². The number of hydrogen-bond donors (Lipinski definition) is 0. The second-order valence-electron chi connectivity index (χ2n) is 1.50. The lowest BCUT2D eigenvalue weighted by molar-refractivity contribution is -0.106. The molecule has 0 aromatic rings. The van der Waals surface area contributed by atoms with Crippen molar-refractivity contribution in [3.63, 3.8) is 0 Å². The molecular formula is C5H6OS. The first kappa shape index (κ1) is 4.91. The van der Waals surface area contributed by atoms with E-state index in [2.05, 4.69) is 0 Å². The number of hydrogen-bond acceptors (Lipinski definition) is 2. The van der Waals surface area contributed by atoms with Crippen LogP contribution in [0, 0.1) is 0 Å². The Balaban J connectivity index is 2.58. The molecule has 0 radical (unpaired) electrons. The van der Waals surface area contributed by atoms with E-state index in [-0.39, 0.29) is 5.12 Å². The lowest BCUT2D eigenvalue weighted by Crippen LogP contribution is -1.83. The molecule has 0 bridgehead atoms. The maximum Gasteiger partial charge on any atom is 0.212 e. The maximum atomic E-state index is 10.3. The van der Waals surface area contributed by atoms with Gasteiger partial charge >= 0.3 is 0 Å². The Morgan fingerprint density at radius 3 is 2.71 bits per heavy atom. The maximum absolute atomic E-state index is 10.3. The first-order valence-corrected chi connectivity index (χ1v) is 3.06. The van der Waals surface area contributed by atoms with Crippen LogP contribution in [-0.2, 0) is 4.79 Å². The quantitative estimate of drug-likeness (QED) is 0.470. The Morgan fingerprint density at radius 2 is 2.57 bits per heavy atom. The third-order valence-corrected chi connectivity index (χ3v) is 1.70. The van der Waals surface area contributed by atoms with Crippen molar-refractivity contribution < 1.29 is 4.79 Å². The Labute approximate surface area is 46.8 Å². The van der Waals surface area contributed by atoms with E-state index in [1.54, 1.807) is 6.08 Å². The predicted octanol–water partition coefficient (Wildman–Crippen LogP) is 1.20. The highest BCUT2D eigenvalue weighted by Gasteiger charge is 2.09. The fourth-order valence-electron chi connectivity index (χ4n) is 0.476. The Hall–Kier alpha value is -0.240. The lowest BCUT2D eigenvalue weighted by atomic mass is 10.4. The van der Waals surface area contributed by atoms with Gasteiger partial charge in [0.1, 0.15) is 0 Å². The zero-order chi connectivity index (χ0) is 5.28. The monoisotopic (exact) mass is 114 g/mol. The summed E-state index contributed by atoms with van der Waals surface area (Å²) < 4.78 is 0. The Morgan fingerprint density at radius 1 is 1.86 bits per heavy atom. The van der Waals surface area contributed by atoms with E-state index < -0.39 is 0 Å². The van der Waals surface area contributed by atoms with Crippen molar-refractivity contribution in [2.24, 2.45) is 0 Å². The van der Waals surface area contributed by atoms with E-state index in [0.717, 1.165) is 0 Å². The van der Waals surface area contributed by atoms with E-state index in [9.17, 15) is 4.79 Å². The van der Waals surface area contributed by atoms with Crippen molar-refractivity contribution in [1.29, 1.82) is 0 Å². The Bertz CT molecular complexity index is 117. The van der Waals surface area contributed by atoms with Crippen molar-refractivity contribution in [1.82, 2.24) is 0 Å². The molecule has 1 nitrogen and oxygen atoms in total. The number of carbonyl (C=O) groups excluding carboxylic acids is 1. The van der Waals surface area contributed by atoms with Crippen molar-refractivity contribution in [2.45, 2.75) is 12.2 Å². The number of rotatable bonds is 0. The van der Waals surface area contributed by atoms with Gasteiger partial charge in [0.15, 0.2) is 0 Å². The van der Waals surface area contributed by atoms with Crippen LogP contribution >= 0.6 is 11.8 Å². The summed E-state index contributed by atoms with van der Waals surface area (Å²) >= 11 is 1.37. The molecule has 7 heavy (non-hydrogen) atoms. The molecule has 1 atom stereocenters. The molecule has 0 N–H and O–H groups in total. The minimum Gasteiger partial charge on any atom is -0.282 e. The summed E-state index contributed by atoms with van der Waals surface area (Å²) in [5.41, 5.74) is 0. The first-order chi connectivity index (χ1) is 3.29. The normalized spacial score (nSPS) is 29.3. The summed E-state index contributed by atoms with van der Waals surface area (Å²) in [5, 5.41) is 0.597. The van der Waals surface area contributed by atoms with Gasteiger partial charge in [-0.2, -0.15) is 0 Å². The van der Waals surface area contributed by atoms with Crippen LogP contribution in [0.4, 0.5) is 0 Å². The topological polar surface area (TPSA) is 17.1 Å². The third kappa shape index (κ3) is 1.06.